The van der Waals surface area contributed by atoms with Crippen molar-refractivity contribution in [2.24, 2.45) is 5.92 Å². The summed E-state index contributed by atoms with van der Waals surface area (Å²) in [4.78, 5) is 29.2. The number of benzene rings is 2. The molecule has 1 fully saturated rings. The Labute approximate surface area is 210 Å². The van der Waals surface area contributed by atoms with Gasteiger partial charge in [-0.1, -0.05) is 35.5 Å². The molecule has 0 N–H and O–H groups in total. The van der Waals surface area contributed by atoms with Crippen LogP contribution in [0.5, 0.6) is 17.2 Å². The predicted octanol–water partition coefficient (Wildman–Crippen LogP) is 3.81. The highest BCUT2D eigenvalue weighted by atomic mass is 16.5. The summed E-state index contributed by atoms with van der Waals surface area (Å²) in [7, 11) is 6.34. The molecule has 0 aliphatic carbocycles. The molecular weight excluding hydrogens is 462 g/mol. The smallest absolute Gasteiger partial charge is 0.227 e. The largest absolute Gasteiger partial charge is 0.493 e. The molecular formula is C27H31N3O6. The fourth-order valence-electron chi connectivity index (χ4n) is 4.43. The Bertz CT molecular complexity index is 1180. The van der Waals surface area contributed by atoms with Crippen molar-refractivity contribution in [2.75, 3.05) is 46.4 Å². The number of amides is 2. The van der Waals surface area contributed by atoms with E-state index in [9.17, 15) is 9.59 Å². The Kier molecular flexibility index (Phi) is 7.77. The summed E-state index contributed by atoms with van der Waals surface area (Å²) in [6, 6.07) is 15.2. The molecule has 1 aliphatic heterocycles. The Balaban J connectivity index is 1.34. The fraction of sp³-hybridized carbons (Fsp3) is 0.370. The first-order valence-electron chi connectivity index (χ1n) is 11.8. The molecule has 1 unspecified atom stereocenters. The van der Waals surface area contributed by atoms with Crippen LogP contribution in [0, 0.1) is 5.92 Å². The Morgan fingerprint density at radius 3 is 2.42 bits per heavy atom. The van der Waals surface area contributed by atoms with Gasteiger partial charge in [0.2, 0.25) is 17.6 Å². The van der Waals surface area contributed by atoms with Crippen LogP contribution in [0.3, 0.4) is 0 Å². The molecule has 0 bridgehead atoms. The second kappa shape index (κ2) is 11.2. The SMILES string of the molecule is COc1cc(N2CC(C(=O)N(C)CCCc3cc(-c4ccccc4)no3)CC2=O)cc(OC)c1OC. The lowest BCUT2D eigenvalue weighted by atomic mass is 10.1. The molecule has 2 aromatic carbocycles. The minimum atomic E-state index is -0.420. The Morgan fingerprint density at radius 2 is 1.78 bits per heavy atom. The molecule has 0 radical (unpaired) electrons. The summed E-state index contributed by atoms with van der Waals surface area (Å²) in [6.07, 6.45) is 1.55. The zero-order valence-electron chi connectivity index (χ0n) is 21.0. The highest BCUT2D eigenvalue weighted by Gasteiger charge is 2.37. The molecule has 4 rings (SSSR count). The van der Waals surface area contributed by atoms with Crippen molar-refractivity contribution in [3.05, 3.63) is 54.3 Å². The van der Waals surface area contributed by atoms with Gasteiger partial charge in [0.05, 0.1) is 32.9 Å². The first-order valence-corrected chi connectivity index (χ1v) is 11.8. The number of hydrogen-bond donors (Lipinski definition) is 0. The van der Waals surface area contributed by atoms with Crippen LogP contribution in [0.2, 0.25) is 0 Å². The fourth-order valence-corrected chi connectivity index (χ4v) is 4.43. The van der Waals surface area contributed by atoms with Gasteiger partial charge in [-0.05, 0) is 6.42 Å². The molecule has 3 aromatic rings. The molecule has 2 heterocycles. The number of rotatable bonds is 10. The number of aromatic nitrogens is 1. The van der Waals surface area contributed by atoms with Crippen molar-refractivity contribution >= 4 is 17.5 Å². The van der Waals surface area contributed by atoms with E-state index in [0.29, 0.717) is 42.4 Å². The standard InChI is InChI=1S/C27H31N3O6/c1-29(12-8-11-21-16-22(28-36-21)18-9-6-5-7-10-18)27(32)19-13-25(31)30(17-19)20-14-23(33-2)26(35-4)24(15-20)34-3/h5-7,9-10,14-16,19H,8,11-13,17H2,1-4H3. The summed E-state index contributed by atoms with van der Waals surface area (Å²) in [5.41, 5.74) is 2.40. The normalized spacial score (nSPS) is 15.2. The number of carbonyl (C=O) groups is 2. The van der Waals surface area contributed by atoms with Gasteiger partial charge in [0.1, 0.15) is 11.5 Å². The quantitative estimate of drug-likeness (QED) is 0.424. The van der Waals surface area contributed by atoms with E-state index in [0.717, 1.165) is 23.4 Å². The maximum absolute atomic E-state index is 13.1. The lowest BCUT2D eigenvalue weighted by Gasteiger charge is -2.22. The first kappa shape index (κ1) is 25.1. The van der Waals surface area contributed by atoms with E-state index in [1.807, 2.05) is 36.4 Å². The van der Waals surface area contributed by atoms with Gasteiger partial charge in [-0.2, -0.15) is 0 Å². The maximum Gasteiger partial charge on any atom is 0.227 e. The third-order valence-electron chi connectivity index (χ3n) is 6.36. The monoisotopic (exact) mass is 493 g/mol. The second-order valence-corrected chi connectivity index (χ2v) is 8.70. The molecule has 0 saturated carbocycles. The summed E-state index contributed by atoms with van der Waals surface area (Å²) < 4.78 is 21.6. The van der Waals surface area contributed by atoms with Gasteiger partial charge in [-0.25, -0.2) is 0 Å². The third-order valence-corrected chi connectivity index (χ3v) is 6.36. The van der Waals surface area contributed by atoms with Crippen molar-refractivity contribution in [3.63, 3.8) is 0 Å². The topological polar surface area (TPSA) is 94.3 Å². The lowest BCUT2D eigenvalue weighted by molar-refractivity contribution is -0.134. The molecule has 2 amide bonds. The number of methoxy groups -OCH3 is 3. The van der Waals surface area contributed by atoms with Gasteiger partial charge in [-0.3, -0.25) is 9.59 Å². The minimum absolute atomic E-state index is 0.0548. The van der Waals surface area contributed by atoms with Gasteiger partial charge in [0.15, 0.2) is 11.5 Å². The average molecular weight is 494 g/mol. The third kappa shape index (κ3) is 5.30. The van der Waals surface area contributed by atoms with Crippen molar-refractivity contribution in [1.29, 1.82) is 0 Å². The van der Waals surface area contributed by atoms with E-state index in [4.69, 9.17) is 18.7 Å². The number of anilines is 1. The number of carbonyl (C=O) groups excluding carboxylic acids is 2. The van der Waals surface area contributed by atoms with Crippen LogP contribution in [0.15, 0.2) is 53.1 Å². The highest BCUT2D eigenvalue weighted by molar-refractivity contribution is 6.00. The van der Waals surface area contributed by atoms with Crippen LogP contribution in [-0.2, 0) is 16.0 Å². The van der Waals surface area contributed by atoms with E-state index in [1.54, 1.807) is 29.0 Å². The molecule has 36 heavy (non-hydrogen) atoms. The van der Waals surface area contributed by atoms with Crippen LogP contribution >= 0.6 is 0 Å². The van der Waals surface area contributed by atoms with Crippen LogP contribution in [-0.4, -0.2) is 63.3 Å². The molecule has 1 saturated heterocycles. The predicted molar refractivity (Wildman–Crippen MR) is 134 cm³/mol. The van der Waals surface area contributed by atoms with E-state index in [1.165, 1.54) is 21.3 Å². The van der Waals surface area contributed by atoms with Crippen molar-refractivity contribution in [1.82, 2.24) is 10.1 Å². The van der Waals surface area contributed by atoms with Crippen LogP contribution in [0.25, 0.3) is 11.3 Å². The molecule has 1 aromatic heterocycles. The van der Waals surface area contributed by atoms with Gasteiger partial charge >= 0.3 is 0 Å². The van der Waals surface area contributed by atoms with Gasteiger partial charge in [0.25, 0.3) is 0 Å². The molecule has 190 valence electrons. The van der Waals surface area contributed by atoms with Crippen LogP contribution < -0.4 is 19.1 Å². The van der Waals surface area contributed by atoms with Crippen molar-refractivity contribution < 1.29 is 28.3 Å². The van der Waals surface area contributed by atoms with E-state index >= 15 is 0 Å². The highest BCUT2D eigenvalue weighted by Crippen LogP contribution is 2.42. The van der Waals surface area contributed by atoms with Gasteiger partial charge in [0, 0.05) is 56.7 Å². The number of ether oxygens (including phenoxy) is 3. The van der Waals surface area contributed by atoms with E-state index in [2.05, 4.69) is 5.16 Å². The minimum Gasteiger partial charge on any atom is -0.493 e. The summed E-state index contributed by atoms with van der Waals surface area (Å²) in [6.45, 7) is 0.845. The molecule has 0 spiro atoms. The number of hydrogen-bond acceptors (Lipinski definition) is 7. The maximum atomic E-state index is 13.1. The zero-order valence-corrected chi connectivity index (χ0v) is 21.0. The van der Waals surface area contributed by atoms with Crippen molar-refractivity contribution in [2.45, 2.75) is 19.3 Å². The molecule has 9 nitrogen and oxygen atoms in total. The molecule has 1 aliphatic rings. The molecule has 1 atom stereocenters. The van der Waals surface area contributed by atoms with Gasteiger partial charge in [-0.15, -0.1) is 0 Å². The van der Waals surface area contributed by atoms with Crippen LogP contribution in [0.4, 0.5) is 5.69 Å². The number of aryl methyl sites for hydroxylation is 1. The van der Waals surface area contributed by atoms with Crippen molar-refractivity contribution in [3.8, 4) is 28.5 Å². The summed E-state index contributed by atoms with van der Waals surface area (Å²) in [5.74, 6) is 1.54. The lowest BCUT2D eigenvalue weighted by Crippen LogP contribution is -2.35. The van der Waals surface area contributed by atoms with E-state index < -0.39 is 5.92 Å². The summed E-state index contributed by atoms with van der Waals surface area (Å²) >= 11 is 0. The average Bonchev–Trinajstić information content (AvgIpc) is 3.54. The Morgan fingerprint density at radius 1 is 1.08 bits per heavy atom. The number of nitrogens with zero attached hydrogens (tertiary/aromatic N) is 3. The zero-order chi connectivity index (χ0) is 25.7. The Hall–Kier alpha value is -4.01. The molecule has 9 heteroatoms. The van der Waals surface area contributed by atoms with Gasteiger partial charge < -0.3 is 28.5 Å². The van der Waals surface area contributed by atoms with Crippen LogP contribution in [0.1, 0.15) is 18.6 Å². The first-order chi connectivity index (χ1) is 17.4. The second-order valence-electron chi connectivity index (χ2n) is 8.70. The summed E-state index contributed by atoms with van der Waals surface area (Å²) in [5, 5.41) is 4.14. The van der Waals surface area contributed by atoms with E-state index in [-0.39, 0.29) is 18.2 Å².